The number of hydrogen-bond donors (Lipinski definition) is 1. The minimum Gasteiger partial charge on any atom is -0.481 e. The number of aromatic nitrogens is 1. The number of nitrogens with zero attached hydrogens (tertiary/aromatic N) is 1. The lowest BCUT2D eigenvalue weighted by Gasteiger charge is -2.24. The van der Waals surface area contributed by atoms with Crippen molar-refractivity contribution in [1.29, 1.82) is 0 Å². The number of rotatable bonds is 5. The summed E-state index contributed by atoms with van der Waals surface area (Å²) in [6.45, 7) is 6.09. The van der Waals surface area contributed by atoms with Crippen molar-refractivity contribution in [3.05, 3.63) is 23.9 Å². The van der Waals surface area contributed by atoms with Crippen molar-refractivity contribution in [2.75, 3.05) is 7.11 Å². The maximum Gasteiger partial charge on any atom is 0.216 e. The van der Waals surface area contributed by atoms with Crippen LogP contribution in [0.25, 0.3) is 0 Å². The zero-order valence-electron chi connectivity index (χ0n) is 10.5. The first-order chi connectivity index (χ1) is 7.56. The van der Waals surface area contributed by atoms with Gasteiger partial charge in [0.05, 0.1) is 13.2 Å². The van der Waals surface area contributed by atoms with E-state index in [0.29, 0.717) is 11.8 Å². The molecular weight excluding hydrogens is 202 g/mol. The summed E-state index contributed by atoms with van der Waals surface area (Å²) in [7, 11) is 1.62. The molecule has 1 aromatic rings. The van der Waals surface area contributed by atoms with E-state index in [4.69, 9.17) is 4.74 Å². The largest absolute Gasteiger partial charge is 0.481 e. The summed E-state index contributed by atoms with van der Waals surface area (Å²) >= 11 is 0. The lowest BCUT2D eigenvalue weighted by atomic mass is 9.85. The van der Waals surface area contributed by atoms with Gasteiger partial charge in [-0.15, -0.1) is 0 Å². The van der Waals surface area contributed by atoms with E-state index < -0.39 is 0 Å². The first-order valence-corrected chi connectivity index (χ1v) is 5.72. The molecule has 0 aliphatic rings. The van der Waals surface area contributed by atoms with E-state index in [1.54, 1.807) is 13.3 Å². The van der Waals surface area contributed by atoms with Gasteiger partial charge in [0, 0.05) is 11.8 Å². The fraction of sp³-hybridized carbons (Fsp3) is 0.615. The normalized spacial score (nSPS) is 14.9. The van der Waals surface area contributed by atoms with Crippen molar-refractivity contribution in [3.8, 4) is 5.88 Å². The molecule has 0 bridgehead atoms. The average molecular weight is 223 g/mol. The highest BCUT2D eigenvalue weighted by Crippen LogP contribution is 2.24. The quantitative estimate of drug-likeness (QED) is 0.832. The van der Waals surface area contributed by atoms with Crippen LogP contribution in [0.5, 0.6) is 5.88 Å². The maximum atomic E-state index is 9.75. The summed E-state index contributed by atoms with van der Waals surface area (Å²) in [5.41, 5.74) is 1.06. The van der Waals surface area contributed by atoms with Crippen LogP contribution in [0.3, 0.4) is 0 Å². The Labute approximate surface area is 97.5 Å². The summed E-state index contributed by atoms with van der Waals surface area (Å²) in [5.74, 6) is 1.33. The van der Waals surface area contributed by atoms with Gasteiger partial charge >= 0.3 is 0 Å². The minimum absolute atomic E-state index is 0.234. The van der Waals surface area contributed by atoms with Crippen LogP contribution in [0.15, 0.2) is 18.3 Å². The zero-order valence-corrected chi connectivity index (χ0v) is 10.5. The van der Waals surface area contributed by atoms with Crippen molar-refractivity contribution in [2.24, 2.45) is 11.8 Å². The lowest BCUT2D eigenvalue weighted by Crippen LogP contribution is -2.24. The molecule has 0 saturated heterocycles. The fourth-order valence-corrected chi connectivity index (χ4v) is 1.98. The van der Waals surface area contributed by atoms with Crippen molar-refractivity contribution in [2.45, 2.75) is 33.3 Å². The van der Waals surface area contributed by atoms with Gasteiger partial charge in [-0.2, -0.15) is 0 Å². The van der Waals surface area contributed by atoms with E-state index in [9.17, 15) is 5.11 Å². The van der Waals surface area contributed by atoms with Crippen LogP contribution < -0.4 is 4.74 Å². The molecule has 3 nitrogen and oxygen atoms in total. The maximum absolute atomic E-state index is 9.75. The third-order valence-electron chi connectivity index (χ3n) is 2.97. The lowest BCUT2D eigenvalue weighted by molar-refractivity contribution is 0.0972. The predicted molar refractivity (Wildman–Crippen MR) is 64.5 cm³/mol. The van der Waals surface area contributed by atoms with Gasteiger partial charge in [-0.05, 0) is 31.2 Å². The monoisotopic (exact) mass is 223 g/mol. The minimum atomic E-state index is -0.315. The van der Waals surface area contributed by atoms with E-state index in [-0.39, 0.29) is 12.0 Å². The van der Waals surface area contributed by atoms with E-state index in [0.717, 1.165) is 12.0 Å². The highest BCUT2D eigenvalue weighted by molar-refractivity contribution is 5.26. The Kier molecular flexibility index (Phi) is 4.74. The van der Waals surface area contributed by atoms with Crippen LogP contribution in [-0.4, -0.2) is 23.3 Å². The van der Waals surface area contributed by atoms with Crippen molar-refractivity contribution in [1.82, 2.24) is 4.98 Å². The molecule has 1 heterocycles. The van der Waals surface area contributed by atoms with E-state index in [2.05, 4.69) is 18.8 Å². The molecule has 0 amide bonds. The summed E-state index contributed by atoms with van der Waals surface area (Å²) in [4.78, 5) is 4.17. The molecule has 0 fully saturated rings. The molecule has 2 atom stereocenters. The summed E-state index contributed by atoms with van der Waals surface area (Å²) in [6, 6.07) is 3.90. The summed E-state index contributed by atoms with van der Waals surface area (Å²) < 4.78 is 5.21. The molecule has 1 N–H and O–H groups in total. The van der Waals surface area contributed by atoms with Crippen LogP contribution >= 0.6 is 0 Å². The van der Waals surface area contributed by atoms with Crippen LogP contribution in [0.4, 0.5) is 0 Å². The van der Waals surface area contributed by atoms with Gasteiger partial charge in [-0.25, -0.2) is 4.98 Å². The highest BCUT2D eigenvalue weighted by atomic mass is 16.5. The molecule has 0 aliphatic heterocycles. The SMILES string of the molecule is COc1ncccc1CC(C(C)C)C(C)O. The second kappa shape index (κ2) is 5.85. The zero-order chi connectivity index (χ0) is 12.1. The molecule has 1 rings (SSSR count). The van der Waals surface area contributed by atoms with Gasteiger partial charge < -0.3 is 9.84 Å². The van der Waals surface area contributed by atoms with E-state index in [1.165, 1.54) is 0 Å². The molecule has 1 aromatic heterocycles. The average Bonchev–Trinajstić information content (AvgIpc) is 2.25. The number of methoxy groups -OCH3 is 1. The number of hydrogen-bond acceptors (Lipinski definition) is 3. The second-order valence-corrected chi connectivity index (χ2v) is 4.52. The predicted octanol–water partition coefficient (Wildman–Crippen LogP) is 2.29. The Morgan fingerprint density at radius 1 is 1.38 bits per heavy atom. The van der Waals surface area contributed by atoms with Gasteiger partial charge in [0.1, 0.15) is 0 Å². The third-order valence-corrected chi connectivity index (χ3v) is 2.97. The number of aliphatic hydroxyl groups is 1. The van der Waals surface area contributed by atoms with Crippen molar-refractivity contribution in [3.63, 3.8) is 0 Å². The van der Waals surface area contributed by atoms with Crippen LogP contribution in [0.2, 0.25) is 0 Å². The van der Waals surface area contributed by atoms with Gasteiger partial charge in [0.25, 0.3) is 0 Å². The molecule has 90 valence electrons. The Bertz CT molecular complexity index is 315. The van der Waals surface area contributed by atoms with Gasteiger partial charge in [-0.3, -0.25) is 0 Å². The fourth-order valence-electron chi connectivity index (χ4n) is 1.98. The Morgan fingerprint density at radius 3 is 2.56 bits per heavy atom. The third kappa shape index (κ3) is 3.20. The topological polar surface area (TPSA) is 42.4 Å². The molecule has 0 radical (unpaired) electrons. The van der Waals surface area contributed by atoms with Crippen LogP contribution in [0, 0.1) is 11.8 Å². The van der Waals surface area contributed by atoms with E-state index >= 15 is 0 Å². The van der Waals surface area contributed by atoms with Gasteiger partial charge in [0.2, 0.25) is 5.88 Å². The van der Waals surface area contributed by atoms with Crippen molar-refractivity contribution >= 4 is 0 Å². The Morgan fingerprint density at radius 2 is 2.06 bits per heavy atom. The standard InChI is InChI=1S/C13H21NO2/c1-9(2)12(10(3)15)8-11-6-5-7-14-13(11)16-4/h5-7,9-10,12,15H,8H2,1-4H3. The highest BCUT2D eigenvalue weighted by Gasteiger charge is 2.21. The first-order valence-electron chi connectivity index (χ1n) is 5.72. The molecule has 16 heavy (non-hydrogen) atoms. The first kappa shape index (κ1) is 13.0. The molecule has 0 spiro atoms. The molecule has 0 aromatic carbocycles. The smallest absolute Gasteiger partial charge is 0.216 e. The second-order valence-electron chi connectivity index (χ2n) is 4.52. The number of ether oxygens (including phenoxy) is 1. The molecular formula is C13H21NO2. The Balaban J connectivity index is 2.85. The summed E-state index contributed by atoms with van der Waals surface area (Å²) in [5, 5.41) is 9.75. The number of pyridine rings is 1. The van der Waals surface area contributed by atoms with Crippen LogP contribution in [0.1, 0.15) is 26.3 Å². The van der Waals surface area contributed by atoms with Gasteiger partial charge in [0.15, 0.2) is 0 Å². The molecule has 0 saturated carbocycles. The van der Waals surface area contributed by atoms with Crippen molar-refractivity contribution < 1.29 is 9.84 Å². The van der Waals surface area contributed by atoms with Crippen LogP contribution in [-0.2, 0) is 6.42 Å². The summed E-state index contributed by atoms with van der Waals surface area (Å²) in [6.07, 6.45) is 2.20. The molecule has 3 heteroatoms. The van der Waals surface area contributed by atoms with E-state index in [1.807, 2.05) is 19.1 Å². The molecule has 0 aliphatic carbocycles. The van der Waals surface area contributed by atoms with Gasteiger partial charge in [-0.1, -0.05) is 19.9 Å². The molecule has 2 unspecified atom stereocenters. The number of aliphatic hydroxyl groups excluding tert-OH is 1. The Hall–Kier alpha value is -1.09.